The van der Waals surface area contributed by atoms with Gasteiger partial charge in [0.2, 0.25) is 11.8 Å². The lowest BCUT2D eigenvalue weighted by molar-refractivity contribution is -0.131. The summed E-state index contributed by atoms with van der Waals surface area (Å²) in [6.45, 7) is 4.95. The monoisotopic (exact) mass is 399 g/mol. The van der Waals surface area contributed by atoms with Crippen LogP contribution in [0.3, 0.4) is 0 Å². The number of hydrogen-bond donors (Lipinski definition) is 0. The summed E-state index contributed by atoms with van der Waals surface area (Å²) in [5.41, 5.74) is 0.812. The van der Waals surface area contributed by atoms with E-state index in [0.717, 1.165) is 36.6 Å². The lowest BCUT2D eigenvalue weighted by Gasteiger charge is -2.31. The first-order valence-electron chi connectivity index (χ1n) is 10.2. The molecule has 0 bridgehead atoms. The Morgan fingerprint density at radius 2 is 1.86 bits per heavy atom. The zero-order chi connectivity index (χ0) is 20.4. The van der Waals surface area contributed by atoms with E-state index in [1.807, 2.05) is 9.80 Å². The van der Waals surface area contributed by atoms with E-state index in [-0.39, 0.29) is 30.0 Å². The first-order chi connectivity index (χ1) is 14.0. The van der Waals surface area contributed by atoms with Gasteiger partial charge in [0.25, 0.3) is 0 Å². The molecule has 2 amide bonds. The molecule has 29 heavy (non-hydrogen) atoms. The summed E-state index contributed by atoms with van der Waals surface area (Å²) in [7, 11) is 0. The molecule has 0 N–H and O–H groups in total. The molecule has 0 saturated carbocycles. The largest absolute Gasteiger partial charge is 0.342 e. The summed E-state index contributed by atoms with van der Waals surface area (Å²) in [6.07, 6.45) is 2.89. The van der Waals surface area contributed by atoms with Crippen molar-refractivity contribution in [2.45, 2.75) is 45.1 Å². The fourth-order valence-electron chi connectivity index (χ4n) is 4.26. The fourth-order valence-corrected chi connectivity index (χ4v) is 4.26. The Hall–Kier alpha value is -2.77. The molecule has 0 radical (unpaired) electrons. The molecule has 7 nitrogen and oxygen atoms in total. The molecule has 1 saturated heterocycles. The Morgan fingerprint density at radius 3 is 2.62 bits per heavy atom. The molecule has 2 aromatic rings. The van der Waals surface area contributed by atoms with E-state index in [0.29, 0.717) is 32.6 Å². The third kappa shape index (κ3) is 4.31. The molecule has 8 heteroatoms. The van der Waals surface area contributed by atoms with Crippen molar-refractivity contribution < 1.29 is 14.0 Å². The second-order valence-corrected chi connectivity index (χ2v) is 7.86. The van der Waals surface area contributed by atoms with Crippen LogP contribution in [0.1, 0.15) is 42.9 Å². The van der Waals surface area contributed by atoms with Crippen LogP contribution < -0.4 is 0 Å². The number of hydrogen-bond acceptors (Lipinski definition) is 4. The molecular formula is C21H26FN5O2. The van der Waals surface area contributed by atoms with Crippen LogP contribution in [0.2, 0.25) is 0 Å². The minimum absolute atomic E-state index is 0.0392. The molecule has 1 atom stereocenters. The van der Waals surface area contributed by atoms with Crippen LogP contribution in [0.4, 0.5) is 4.39 Å². The number of fused-ring (bicyclic) bond motifs is 1. The number of aromatic nitrogens is 3. The number of piperidine rings is 1. The van der Waals surface area contributed by atoms with Crippen molar-refractivity contribution in [1.82, 2.24) is 24.6 Å². The Balaban J connectivity index is 1.42. The Kier molecular flexibility index (Phi) is 5.60. The van der Waals surface area contributed by atoms with Gasteiger partial charge in [-0.2, -0.15) is 0 Å². The van der Waals surface area contributed by atoms with E-state index in [9.17, 15) is 14.0 Å². The average Bonchev–Trinajstić information content (AvgIpc) is 3.01. The summed E-state index contributed by atoms with van der Waals surface area (Å²) >= 11 is 0. The van der Waals surface area contributed by atoms with Crippen molar-refractivity contribution in [3.05, 3.63) is 47.3 Å². The highest BCUT2D eigenvalue weighted by Crippen LogP contribution is 2.27. The van der Waals surface area contributed by atoms with E-state index >= 15 is 0 Å². The van der Waals surface area contributed by atoms with Gasteiger partial charge >= 0.3 is 0 Å². The molecular weight excluding hydrogens is 373 g/mol. The summed E-state index contributed by atoms with van der Waals surface area (Å²) < 4.78 is 15.2. The number of carbonyl (C=O) groups is 2. The Morgan fingerprint density at radius 1 is 1.07 bits per heavy atom. The van der Waals surface area contributed by atoms with Gasteiger partial charge in [-0.05, 0) is 30.5 Å². The van der Waals surface area contributed by atoms with Crippen molar-refractivity contribution in [3.63, 3.8) is 0 Å². The minimum atomic E-state index is -0.299. The van der Waals surface area contributed by atoms with Gasteiger partial charge in [-0.15, -0.1) is 10.2 Å². The van der Waals surface area contributed by atoms with Crippen molar-refractivity contribution >= 4 is 11.8 Å². The molecule has 0 aliphatic carbocycles. The highest BCUT2D eigenvalue weighted by Gasteiger charge is 2.29. The number of carbonyl (C=O) groups excluding carboxylic acids is 2. The van der Waals surface area contributed by atoms with Crippen LogP contribution in [0, 0.1) is 5.82 Å². The lowest BCUT2D eigenvalue weighted by Crippen LogP contribution is -2.38. The van der Waals surface area contributed by atoms with Crippen LogP contribution in [0.25, 0.3) is 0 Å². The summed E-state index contributed by atoms with van der Waals surface area (Å²) in [5, 5.41) is 8.82. The van der Waals surface area contributed by atoms with Gasteiger partial charge in [0.1, 0.15) is 17.5 Å². The average molecular weight is 399 g/mol. The van der Waals surface area contributed by atoms with Gasteiger partial charge in [0, 0.05) is 52.0 Å². The van der Waals surface area contributed by atoms with Gasteiger partial charge < -0.3 is 14.4 Å². The standard InChI is InChI=1S/C21H26FN5O2/c1-15(28)26-9-2-3-17(14-26)21-24-23-19-8-10-25(11-12-27(19)21)20(29)13-16-4-6-18(22)7-5-16/h4-7,17H,2-3,8-14H2,1H3. The number of rotatable bonds is 3. The van der Waals surface area contributed by atoms with Crippen LogP contribution in [0.15, 0.2) is 24.3 Å². The highest BCUT2D eigenvalue weighted by molar-refractivity contribution is 5.78. The van der Waals surface area contributed by atoms with E-state index in [1.54, 1.807) is 19.1 Å². The number of likely N-dealkylation sites (tertiary alicyclic amines) is 1. The number of nitrogens with zero attached hydrogens (tertiary/aromatic N) is 5. The van der Waals surface area contributed by atoms with Gasteiger partial charge in [-0.1, -0.05) is 12.1 Å². The molecule has 154 valence electrons. The van der Waals surface area contributed by atoms with E-state index < -0.39 is 0 Å². The van der Waals surface area contributed by atoms with Crippen LogP contribution in [-0.4, -0.2) is 62.6 Å². The molecule has 1 fully saturated rings. The predicted molar refractivity (Wildman–Crippen MR) is 105 cm³/mol. The molecule has 2 aliphatic rings. The summed E-state index contributed by atoms with van der Waals surface area (Å²) in [6, 6.07) is 6.07. The maximum atomic E-state index is 13.1. The van der Waals surface area contributed by atoms with Crippen LogP contribution in [-0.2, 0) is 29.0 Å². The van der Waals surface area contributed by atoms with Gasteiger partial charge in [-0.3, -0.25) is 9.59 Å². The smallest absolute Gasteiger partial charge is 0.227 e. The molecule has 1 aromatic heterocycles. The molecule has 2 aliphatic heterocycles. The fraction of sp³-hybridized carbons (Fsp3) is 0.524. The summed E-state index contributed by atoms with van der Waals surface area (Å²) in [4.78, 5) is 28.2. The zero-order valence-electron chi connectivity index (χ0n) is 16.7. The minimum Gasteiger partial charge on any atom is -0.342 e. The van der Waals surface area contributed by atoms with Crippen LogP contribution in [0.5, 0.6) is 0 Å². The van der Waals surface area contributed by atoms with Crippen molar-refractivity contribution in [2.24, 2.45) is 0 Å². The molecule has 0 spiro atoms. The second-order valence-electron chi connectivity index (χ2n) is 7.86. The summed E-state index contributed by atoms with van der Waals surface area (Å²) in [5.74, 6) is 1.86. The Labute approximate surface area is 169 Å². The van der Waals surface area contributed by atoms with Gasteiger partial charge in [0.05, 0.1) is 6.42 Å². The molecule has 4 rings (SSSR count). The topological polar surface area (TPSA) is 71.3 Å². The SMILES string of the molecule is CC(=O)N1CCCC(c2nnc3n2CCN(C(=O)Cc2ccc(F)cc2)CC3)C1. The van der Waals surface area contributed by atoms with Gasteiger partial charge in [-0.25, -0.2) is 4.39 Å². The third-order valence-corrected chi connectivity index (χ3v) is 5.91. The first-order valence-corrected chi connectivity index (χ1v) is 10.2. The number of amides is 2. The Bertz CT molecular complexity index is 895. The number of benzene rings is 1. The second kappa shape index (κ2) is 8.31. The van der Waals surface area contributed by atoms with Crippen molar-refractivity contribution in [2.75, 3.05) is 26.2 Å². The third-order valence-electron chi connectivity index (χ3n) is 5.91. The van der Waals surface area contributed by atoms with Crippen LogP contribution >= 0.6 is 0 Å². The molecule has 3 heterocycles. The van der Waals surface area contributed by atoms with E-state index in [2.05, 4.69) is 14.8 Å². The molecule has 1 unspecified atom stereocenters. The normalized spacial score (nSPS) is 19.6. The first kappa shape index (κ1) is 19.5. The quantitative estimate of drug-likeness (QED) is 0.789. The van der Waals surface area contributed by atoms with Gasteiger partial charge in [0.15, 0.2) is 0 Å². The molecule has 1 aromatic carbocycles. The maximum Gasteiger partial charge on any atom is 0.227 e. The maximum absolute atomic E-state index is 13.1. The van der Waals surface area contributed by atoms with E-state index in [1.165, 1.54) is 12.1 Å². The van der Waals surface area contributed by atoms with Crippen molar-refractivity contribution in [1.29, 1.82) is 0 Å². The lowest BCUT2D eigenvalue weighted by atomic mass is 9.97. The van der Waals surface area contributed by atoms with E-state index in [4.69, 9.17) is 0 Å². The predicted octanol–water partition coefficient (Wildman–Crippen LogP) is 1.77. The van der Waals surface area contributed by atoms with Crippen molar-refractivity contribution in [3.8, 4) is 0 Å². The zero-order valence-corrected chi connectivity index (χ0v) is 16.7. The highest BCUT2D eigenvalue weighted by atomic mass is 19.1. The number of halogens is 1.